The maximum absolute atomic E-state index is 12.6. The van der Waals surface area contributed by atoms with Gasteiger partial charge in [-0.1, -0.05) is 31.0 Å². The molecule has 2 heterocycles. The van der Waals surface area contributed by atoms with Crippen LogP contribution >= 0.6 is 11.6 Å². The minimum atomic E-state index is -0.309. The van der Waals surface area contributed by atoms with Gasteiger partial charge in [0.15, 0.2) is 0 Å². The van der Waals surface area contributed by atoms with Crippen LogP contribution in [0.2, 0.25) is 5.15 Å². The first-order valence-electron chi connectivity index (χ1n) is 6.81. The highest BCUT2D eigenvalue weighted by Crippen LogP contribution is 2.33. The number of nitrogens with zero attached hydrogens (tertiary/aromatic N) is 1. The average Bonchev–Trinajstić information content (AvgIpc) is 2.40. The lowest BCUT2D eigenvalue weighted by atomic mass is 9.76. The molecule has 0 aromatic carbocycles. The molecule has 5 heteroatoms. The van der Waals surface area contributed by atoms with E-state index in [2.05, 4.69) is 22.5 Å². The Kier molecular flexibility index (Phi) is 4.77. The van der Waals surface area contributed by atoms with Crippen LogP contribution in [0.25, 0.3) is 0 Å². The normalized spacial score (nSPS) is 23.1. The van der Waals surface area contributed by atoms with Gasteiger partial charge in [0.1, 0.15) is 11.0 Å². The summed E-state index contributed by atoms with van der Waals surface area (Å²) < 4.78 is 0. The van der Waals surface area contributed by atoms with Crippen LogP contribution < -0.4 is 10.6 Å². The summed E-state index contributed by atoms with van der Waals surface area (Å²) in [5.74, 6) is 0.579. The summed E-state index contributed by atoms with van der Waals surface area (Å²) in [7, 11) is 0. The van der Waals surface area contributed by atoms with Crippen molar-refractivity contribution in [1.82, 2.24) is 10.3 Å². The van der Waals surface area contributed by atoms with E-state index in [1.165, 1.54) is 0 Å². The van der Waals surface area contributed by atoms with Gasteiger partial charge in [-0.05, 0) is 37.9 Å². The number of nitrogens with one attached hydrogen (secondary N) is 2. The zero-order chi connectivity index (χ0) is 13.7. The molecule has 0 saturated carbocycles. The molecule has 1 atom stereocenters. The molecule has 19 heavy (non-hydrogen) atoms. The van der Waals surface area contributed by atoms with E-state index in [-0.39, 0.29) is 11.3 Å². The zero-order valence-electron chi connectivity index (χ0n) is 11.2. The van der Waals surface area contributed by atoms with E-state index in [0.717, 1.165) is 38.8 Å². The minimum absolute atomic E-state index is 0.0521. The Hall–Kier alpha value is -1.13. The van der Waals surface area contributed by atoms with Crippen LogP contribution in [0.4, 0.5) is 5.82 Å². The Labute approximate surface area is 118 Å². The van der Waals surface area contributed by atoms with Crippen LogP contribution in [0.1, 0.15) is 32.6 Å². The molecule has 4 nitrogen and oxygen atoms in total. The predicted octanol–water partition coefficient (Wildman–Crippen LogP) is 2.84. The van der Waals surface area contributed by atoms with Gasteiger partial charge in [0.2, 0.25) is 5.91 Å². The number of rotatable bonds is 4. The summed E-state index contributed by atoms with van der Waals surface area (Å²) in [4.78, 5) is 16.7. The summed E-state index contributed by atoms with van der Waals surface area (Å²) in [6, 6.07) is 5.25. The second-order valence-corrected chi connectivity index (χ2v) is 5.50. The number of amides is 1. The Morgan fingerprint density at radius 3 is 3.05 bits per heavy atom. The Morgan fingerprint density at radius 2 is 2.42 bits per heavy atom. The van der Waals surface area contributed by atoms with Gasteiger partial charge >= 0.3 is 0 Å². The van der Waals surface area contributed by atoms with Crippen molar-refractivity contribution in [1.29, 1.82) is 0 Å². The Balaban J connectivity index is 2.11. The van der Waals surface area contributed by atoms with Crippen molar-refractivity contribution in [2.45, 2.75) is 32.6 Å². The van der Waals surface area contributed by atoms with Crippen molar-refractivity contribution in [3.05, 3.63) is 23.4 Å². The SMILES string of the molecule is CCCC1(C(=O)Nc2cccc(Cl)n2)CCCNC1. The van der Waals surface area contributed by atoms with Crippen molar-refractivity contribution in [3.8, 4) is 0 Å². The zero-order valence-corrected chi connectivity index (χ0v) is 12.0. The van der Waals surface area contributed by atoms with Crippen LogP contribution in [0, 0.1) is 5.41 Å². The molecule has 1 aromatic heterocycles. The highest BCUT2D eigenvalue weighted by Gasteiger charge is 2.38. The number of carbonyl (C=O) groups is 1. The third kappa shape index (κ3) is 3.45. The van der Waals surface area contributed by atoms with E-state index >= 15 is 0 Å². The van der Waals surface area contributed by atoms with E-state index in [4.69, 9.17) is 11.6 Å². The lowest BCUT2D eigenvalue weighted by Gasteiger charge is -2.36. The molecule has 0 radical (unpaired) electrons. The Morgan fingerprint density at radius 1 is 1.58 bits per heavy atom. The number of anilines is 1. The number of carbonyl (C=O) groups excluding carboxylic acids is 1. The summed E-state index contributed by atoms with van der Waals surface area (Å²) in [6.07, 6.45) is 3.86. The molecule has 1 aromatic rings. The second-order valence-electron chi connectivity index (χ2n) is 5.11. The first-order valence-corrected chi connectivity index (χ1v) is 7.19. The highest BCUT2D eigenvalue weighted by molar-refractivity contribution is 6.29. The molecule has 2 N–H and O–H groups in total. The smallest absolute Gasteiger partial charge is 0.233 e. The number of halogens is 1. The molecule has 2 rings (SSSR count). The molecule has 1 aliphatic rings. The molecule has 0 spiro atoms. The lowest BCUT2D eigenvalue weighted by molar-refractivity contribution is -0.127. The van der Waals surface area contributed by atoms with E-state index < -0.39 is 0 Å². The topological polar surface area (TPSA) is 54.0 Å². The van der Waals surface area contributed by atoms with Gasteiger partial charge in [0.05, 0.1) is 5.41 Å². The maximum atomic E-state index is 12.6. The monoisotopic (exact) mass is 281 g/mol. The van der Waals surface area contributed by atoms with Gasteiger partial charge in [0.25, 0.3) is 0 Å². The van der Waals surface area contributed by atoms with Gasteiger partial charge in [-0.3, -0.25) is 4.79 Å². The molecule has 1 aliphatic heterocycles. The van der Waals surface area contributed by atoms with Crippen LogP contribution in [-0.2, 0) is 4.79 Å². The van der Waals surface area contributed by atoms with Crippen molar-refractivity contribution < 1.29 is 4.79 Å². The van der Waals surface area contributed by atoms with Crippen molar-refractivity contribution in [2.75, 3.05) is 18.4 Å². The number of piperidine rings is 1. The van der Waals surface area contributed by atoms with E-state index in [9.17, 15) is 4.79 Å². The fraction of sp³-hybridized carbons (Fsp3) is 0.571. The fourth-order valence-corrected chi connectivity index (χ4v) is 2.86. The minimum Gasteiger partial charge on any atom is -0.316 e. The fourth-order valence-electron chi connectivity index (χ4n) is 2.69. The van der Waals surface area contributed by atoms with Gasteiger partial charge < -0.3 is 10.6 Å². The van der Waals surface area contributed by atoms with Gasteiger partial charge in [0, 0.05) is 6.54 Å². The highest BCUT2D eigenvalue weighted by atomic mass is 35.5. The van der Waals surface area contributed by atoms with Crippen LogP contribution in [0.15, 0.2) is 18.2 Å². The number of hydrogen-bond donors (Lipinski definition) is 2. The van der Waals surface area contributed by atoms with Crippen molar-refractivity contribution in [2.24, 2.45) is 5.41 Å². The Bertz CT molecular complexity index is 439. The molecule has 0 aliphatic carbocycles. The van der Waals surface area contributed by atoms with Gasteiger partial charge in [-0.15, -0.1) is 0 Å². The summed E-state index contributed by atoms with van der Waals surface area (Å²) in [5.41, 5.74) is -0.309. The predicted molar refractivity (Wildman–Crippen MR) is 77.3 cm³/mol. The van der Waals surface area contributed by atoms with E-state index in [1.54, 1.807) is 18.2 Å². The molecule has 104 valence electrons. The maximum Gasteiger partial charge on any atom is 0.233 e. The second kappa shape index (κ2) is 6.35. The van der Waals surface area contributed by atoms with Crippen molar-refractivity contribution in [3.63, 3.8) is 0 Å². The average molecular weight is 282 g/mol. The number of aromatic nitrogens is 1. The van der Waals surface area contributed by atoms with Gasteiger partial charge in [-0.2, -0.15) is 0 Å². The standard InChI is InChI=1S/C14H20ClN3O/c1-2-7-14(8-4-9-16-10-14)13(19)18-12-6-3-5-11(15)17-12/h3,5-6,16H,2,4,7-10H2,1H3,(H,17,18,19). The third-order valence-corrected chi connectivity index (χ3v) is 3.85. The molecule has 1 fully saturated rings. The van der Waals surface area contributed by atoms with Crippen molar-refractivity contribution >= 4 is 23.3 Å². The third-order valence-electron chi connectivity index (χ3n) is 3.64. The van der Waals surface area contributed by atoms with E-state index in [1.807, 2.05) is 0 Å². The number of hydrogen-bond acceptors (Lipinski definition) is 3. The van der Waals surface area contributed by atoms with Crippen LogP contribution in [0.5, 0.6) is 0 Å². The number of pyridine rings is 1. The van der Waals surface area contributed by atoms with Crippen LogP contribution in [0.3, 0.4) is 0 Å². The lowest BCUT2D eigenvalue weighted by Crippen LogP contribution is -2.48. The molecule has 1 unspecified atom stereocenters. The summed E-state index contributed by atoms with van der Waals surface area (Å²) in [5, 5.41) is 6.63. The molecular formula is C14H20ClN3O. The largest absolute Gasteiger partial charge is 0.316 e. The first-order chi connectivity index (χ1) is 9.16. The van der Waals surface area contributed by atoms with Crippen LogP contribution in [-0.4, -0.2) is 24.0 Å². The van der Waals surface area contributed by atoms with E-state index in [0.29, 0.717) is 11.0 Å². The molecular weight excluding hydrogens is 262 g/mol. The molecule has 0 bridgehead atoms. The van der Waals surface area contributed by atoms with Gasteiger partial charge in [-0.25, -0.2) is 4.98 Å². The quantitative estimate of drug-likeness (QED) is 0.835. The molecule has 1 saturated heterocycles. The first kappa shape index (κ1) is 14.3. The molecule has 1 amide bonds. The summed E-state index contributed by atoms with van der Waals surface area (Å²) >= 11 is 5.84. The summed E-state index contributed by atoms with van der Waals surface area (Å²) in [6.45, 7) is 3.85.